The summed E-state index contributed by atoms with van der Waals surface area (Å²) < 4.78 is 0. The van der Waals surface area contributed by atoms with Crippen molar-refractivity contribution in [2.75, 3.05) is 26.2 Å². The Bertz CT molecular complexity index is 343. The molecule has 0 unspecified atom stereocenters. The van der Waals surface area contributed by atoms with Crippen LogP contribution in [0.25, 0.3) is 0 Å². The molecule has 1 saturated carbocycles. The van der Waals surface area contributed by atoms with Crippen LogP contribution in [-0.4, -0.2) is 53.8 Å². The fourth-order valence-corrected chi connectivity index (χ4v) is 3.25. The zero-order valence-electron chi connectivity index (χ0n) is 12.5. The first-order chi connectivity index (χ1) is 9.58. The van der Waals surface area contributed by atoms with Gasteiger partial charge in [0.05, 0.1) is 6.04 Å². The third kappa shape index (κ3) is 3.95. The molecule has 1 atom stereocenters. The molecule has 20 heavy (non-hydrogen) atoms. The lowest BCUT2D eigenvalue weighted by atomic mass is 10.0. The van der Waals surface area contributed by atoms with Gasteiger partial charge in [0.15, 0.2) is 0 Å². The molecule has 0 aromatic heterocycles. The summed E-state index contributed by atoms with van der Waals surface area (Å²) >= 11 is 0. The number of carbonyl (C=O) groups is 2. The van der Waals surface area contributed by atoms with Crippen molar-refractivity contribution >= 4 is 11.8 Å². The summed E-state index contributed by atoms with van der Waals surface area (Å²) in [5.41, 5.74) is 5.61. The van der Waals surface area contributed by atoms with Gasteiger partial charge in [-0.15, -0.1) is 0 Å². The van der Waals surface area contributed by atoms with Crippen LogP contribution in [-0.2, 0) is 9.59 Å². The van der Waals surface area contributed by atoms with E-state index in [4.69, 9.17) is 5.73 Å². The molecule has 5 heteroatoms. The molecule has 0 spiro atoms. The second-order valence-electron chi connectivity index (χ2n) is 6.18. The predicted molar refractivity (Wildman–Crippen MR) is 78.0 cm³/mol. The number of hydrogen-bond donors (Lipinski definition) is 1. The maximum absolute atomic E-state index is 12.2. The van der Waals surface area contributed by atoms with Crippen molar-refractivity contribution in [1.29, 1.82) is 0 Å². The molecule has 2 amide bonds. The molecule has 1 aliphatic heterocycles. The number of piperazine rings is 1. The van der Waals surface area contributed by atoms with Crippen LogP contribution in [0.3, 0.4) is 0 Å². The zero-order valence-corrected chi connectivity index (χ0v) is 12.5. The van der Waals surface area contributed by atoms with Gasteiger partial charge in [-0.2, -0.15) is 0 Å². The molecule has 2 aliphatic rings. The first-order valence-corrected chi connectivity index (χ1v) is 7.90. The Morgan fingerprint density at radius 3 is 2.20 bits per heavy atom. The summed E-state index contributed by atoms with van der Waals surface area (Å²) in [6.07, 6.45) is 6.96. The van der Waals surface area contributed by atoms with Gasteiger partial charge in [-0.1, -0.05) is 25.7 Å². The molecule has 5 nitrogen and oxygen atoms in total. The number of nitrogens with zero attached hydrogens (tertiary/aromatic N) is 2. The van der Waals surface area contributed by atoms with E-state index in [1.807, 2.05) is 4.90 Å². The van der Waals surface area contributed by atoms with Gasteiger partial charge in [0.1, 0.15) is 0 Å². The van der Waals surface area contributed by atoms with Gasteiger partial charge in [-0.25, -0.2) is 0 Å². The first kappa shape index (κ1) is 15.3. The Balaban J connectivity index is 1.70. The first-order valence-electron chi connectivity index (χ1n) is 7.90. The molecular weight excluding hydrogens is 254 g/mol. The van der Waals surface area contributed by atoms with Crippen molar-refractivity contribution in [2.45, 2.75) is 51.5 Å². The molecular formula is C15H27N3O2. The van der Waals surface area contributed by atoms with Crippen LogP contribution in [0, 0.1) is 5.92 Å². The van der Waals surface area contributed by atoms with Crippen LogP contribution in [0.15, 0.2) is 0 Å². The van der Waals surface area contributed by atoms with Crippen LogP contribution >= 0.6 is 0 Å². The van der Waals surface area contributed by atoms with Crippen molar-refractivity contribution in [2.24, 2.45) is 11.7 Å². The molecule has 0 radical (unpaired) electrons. The van der Waals surface area contributed by atoms with E-state index in [0.29, 0.717) is 32.6 Å². The standard InChI is InChI=1S/C15H27N3O2/c1-12(16)15(20)18-10-8-17(9-11-18)14(19)7-6-13-4-2-3-5-13/h12-13H,2-11,16H2,1H3/t12-/m0/s1. The number of nitrogens with two attached hydrogens (primary N) is 1. The summed E-state index contributed by atoms with van der Waals surface area (Å²) in [4.78, 5) is 27.6. The fourth-order valence-electron chi connectivity index (χ4n) is 3.25. The van der Waals surface area contributed by atoms with Crippen LogP contribution in [0.2, 0.25) is 0 Å². The lowest BCUT2D eigenvalue weighted by molar-refractivity contribution is -0.140. The van der Waals surface area contributed by atoms with Gasteiger partial charge in [0, 0.05) is 32.6 Å². The predicted octanol–water partition coefficient (Wildman–Crippen LogP) is 0.975. The summed E-state index contributed by atoms with van der Waals surface area (Å²) in [7, 11) is 0. The van der Waals surface area contributed by atoms with Crippen molar-refractivity contribution in [3.05, 3.63) is 0 Å². The Morgan fingerprint density at radius 2 is 1.65 bits per heavy atom. The zero-order chi connectivity index (χ0) is 14.5. The van der Waals surface area contributed by atoms with Crippen molar-refractivity contribution in [3.8, 4) is 0 Å². The maximum Gasteiger partial charge on any atom is 0.239 e. The third-order valence-electron chi connectivity index (χ3n) is 4.57. The highest BCUT2D eigenvalue weighted by Crippen LogP contribution is 2.28. The monoisotopic (exact) mass is 281 g/mol. The van der Waals surface area contributed by atoms with E-state index >= 15 is 0 Å². The van der Waals surface area contributed by atoms with Crippen LogP contribution in [0.5, 0.6) is 0 Å². The highest BCUT2D eigenvalue weighted by Gasteiger charge is 2.26. The van der Waals surface area contributed by atoms with E-state index in [1.54, 1.807) is 11.8 Å². The quantitative estimate of drug-likeness (QED) is 0.835. The van der Waals surface area contributed by atoms with Crippen LogP contribution in [0.4, 0.5) is 0 Å². The average molecular weight is 281 g/mol. The molecule has 2 N–H and O–H groups in total. The van der Waals surface area contributed by atoms with Crippen LogP contribution < -0.4 is 5.73 Å². The molecule has 1 saturated heterocycles. The van der Waals surface area contributed by atoms with E-state index in [9.17, 15) is 9.59 Å². The summed E-state index contributed by atoms with van der Waals surface area (Å²) in [5, 5.41) is 0. The van der Waals surface area contributed by atoms with Gasteiger partial charge < -0.3 is 15.5 Å². The molecule has 114 valence electrons. The van der Waals surface area contributed by atoms with E-state index in [-0.39, 0.29) is 11.8 Å². The highest BCUT2D eigenvalue weighted by molar-refractivity contribution is 5.82. The second kappa shape index (κ2) is 7.07. The molecule has 1 heterocycles. The SMILES string of the molecule is C[C@H](N)C(=O)N1CCN(C(=O)CCC2CCCC2)CC1. The molecule has 1 aliphatic carbocycles. The highest BCUT2D eigenvalue weighted by atomic mass is 16.2. The number of hydrogen-bond acceptors (Lipinski definition) is 3. The second-order valence-corrected chi connectivity index (χ2v) is 6.18. The summed E-state index contributed by atoms with van der Waals surface area (Å²) in [6.45, 7) is 4.26. The Hall–Kier alpha value is -1.10. The lowest BCUT2D eigenvalue weighted by Crippen LogP contribution is -2.53. The van der Waals surface area contributed by atoms with E-state index in [1.165, 1.54) is 25.7 Å². The van der Waals surface area contributed by atoms with Gasteiger partial charge in [-0.3, -0.25) is 9.59 Å². The number of amides is 2. The molecule has 2 fully saturated rings. The minimum Gasteiger partial charge on any atom is -0.339 e. The van der Waals surface area contributed by atoms with E-state index in [0.717, 1.165) is 12.3 Å². The minimum atomic E-state index is -0.445. The van der Waals surface area contributed by atoms with Gasteiger partial charge in [-0.05, 0) is 19.3 Å². The normalized spacial score (nSPS) is 22.1. The third-order valence-corrected chi connectivity index (χ3v) is 4.57. The van der Waals surface area contributed by atoms with Gasteiger partial charge in [0.2, 0.25) is 11.8 Å². The molecule has 0 bridgehead atoms. The smallest absolute Gasteiger partial charge is 0.239 e. The topological polar surface area (TPSA) is 66.6 Å². The molecule has 0 aromatic carbocycles. The fraction of sp³-hybridized carbons (Fsp3) is 0.867. The van der Waals surface area contributed by atoms with Gasteiger partial charge >= 0.3 is 0 Å². The van der Waals surface area contributed by atoms with Crippen molar-refractivity contribution < 1.29 is 9.59 Å². The molecule has 2 rings (SSSR count). The Morgan fingerprint density at radius 1 is 1.10 bits per heavy atom. The number of carbonyl (C=O) groups excluding carboxylic acids is 2. The summed E-state index contributed by atoms with van der Waals surface area (Å²) in [5.74, 6) is 1.01. The van der Waals surface area contributed by atoms with E-state index < -0.39 is 6.04 Å². The Labute approximate surface area is 121 Å². The largest absolute Gasteiger partial charge is 0.339 e. The molecule has 0 aromatic rings. The van der Waals surface area contributed by atoms with Crippen LogP contribution in [0.1, 0.15) is 45.4 Å². The maximum atomic E-state index is 12.2. The minimum absolute atomic E-state index is 0.0111. The van der Waals surface area contributed by atoms with Gasteiger partial charge in [0.25, 0.3) is 0 Å². The average Bonchev–Trinajstić information content (AvgIpc) is 2.97. The lowest BCUT2D eigenvalue weighted by Gasteiger charge is -2.35. The summed E-state index contributed by atoms with van der Waals surface area (Å²) in [6, 6.07) is -0.445. The van der Waals surface area contributed by atoms with Crippen molar-refractivity contribution in [3.63, 3.8) is 0 Å². The van der Waals surface area contributed by atoms with E-state index in [2.05, 4.69) is 0 Å². The van der Waals surface area contributed by atoms with Crippen molar-refractivity contribution in [1.82, 2.24) is 9.80 Å². The number of rotatable bonds is 4. The Kier molecular flexibility index (Phi) is 5.40.